The molecule has 0 atom stereocenters. The molecule has 1 amide bonds. The molecule has 1 N–H and O–H groups in total. The second-order valence-corrected chi connectivity index (χ2v) is 6.41. The summed E-state index contributed by atoms with van der Waals surface area (Å²) in [5, 5.41) is 3.66. The number of rotatable bonds is 11. The van der Waals surface area contributed by atoms with Crippen molar-refractivity contribution < 1.29 is 14.3 Å². The van der Waals surface area contributed by atoms with Crippen LogP contribution < -0.4 is 5.32 Å². The second-order valence-electron chi connectivity index (χ2n) is 5.98. The number of hydrogen-bond acceptors (Lipinski definition) is 3. The number of hydrogen-bond donors (Lipinski definition) is 1. The van der Waals surface area contributed by atoms with Gasteiger partial charge in [0, 0.05) is 24.6 Å². The number of aryl methyl sites for hydroxylation is 1. The van der Waals surface area contributed by atoms with Gasteiger partial charge in [0.05, 0.1) is 19.8 Å². The molecule has 2 rings (SSSR count). The van der Waals surface area contributed by atoms with Crippen molar-refractivity contribution in [3.8, 4) is 0 Å². The van der Waals surface area contributed by atoms with Gasteiger partial charge in [0.15, 0.2) is 0 Å². The Hall–Kier alpha value is -1.88. The van der Waals surface area contributed by atoms with Crippen molar-refractivity contribution in [2.45, 2.75) is 32.9 Å². The van der Waals surface area contributed by atoms with Crippen molar-refractivity contribution in [3.63, 3.8) is 0 Å². The van der Waals surface area contributed by atoms with E-state index in [0.29, 0.717) is 50.8 Å². The molecule has 0 saturated heterocycles. The molecule has 0 unspecified atom stereocenters. The van der Waals surface area contributed by atoms with E-state index in [1.165, 1.54) is 0 Å². The lowest BCUT2D eigenvalue weighted by atomic mass is 10.1. The first-order chi connectivity index (χ1) is 12.7. The van der Waals surface area contributed by atoms with Crippen LogP contribution in [0.25, 0.3) is 0 Å². The van der Waals surface area contributed by atoms with Gasteiger partial charge in [-0.05, 0) is 42.2 Å². The molecule has 140 valence electrons. The molecule has 26 heavy (non-hydrogen) atoms. The zero-order valence-electron chi connectivity index (χ0n) is 15.2. The lowest BCUT2D eigenvalue weighted by Gasteiger charge is -2.09. The molecule has 0 spiro atoms. The van der Waals surface area contributed by atoms with Gasteiger partial charge in [-0.3, -0.25) is 4.79 Å². The molecule has 4 nitrogen and oxygen atoms in total. The quantitative estimate of drug-likeness (QED) is 0.600. The Balaban J connectivity index is 1.71. The van der Waals surface area contributed by atoms with Crippen LogP contribution in [0.15, 0.2) is 48.5 Å². The van der Waals surface area contributed by atoms with Crippen LogP contribution in [0.1, 0.15) is 30.0 Å². The summed E-state index contributed by atoms with van der Waals surface area (Å²) in [7, 11) is 0. The molecule has 0 radical (unpaired) electrons. The first kappa shape index (κ1) is 20.4. The first-order valence-corrected chi connectivity index (χ1v) is 9.29. The van der Waals surface area contributed by atoms with E-state index in [2.05, 4.69) is 11.4 Å². The summed E-state index contributed by atoms with van der Waals surface area (Å²) in [4.78, 5) is 12.0. The average Bonchev–Trinajstić information content (AvgIpc) is 2.65. The normalized spacial score (nSPS) is 10.7. The fraction of sp³-hybridized carbons (Fsp3) is 0.381. The van der Waals surface area contributed by atoms with E-state index >= 15 is 0 Å². The highest BCUT2D eigenvalue weighted by molar-refractivity contribution is 6.30. The monoisotopic (exact) mass is 375 g/mol. The van der Waals surface area contributed by atoms with Gasteiger partial charge < -0.3 is 14.8 Å². The number of ether oxygens (including phenoxy) is 2. The van der Waals surface area contributed by atoms with E-state index in [9.17, 15) is 4.79 Å². The Morgan fingerprint density at radius 3 is 2.54 bits per heavy atom. The van der Waals surface area contributed by atoms with Crippen LogP contribution in [-0.2, 0) is 33.8 Å². The fourth-order valence-electron chi connectivity index (χ4n) is 2.52. The van der Waals surface area contributed by atoms with Crippen LogP contribution in [0.2, 0.25) is 5.02 Å². The number of amides is 1. The van der Waals surface area contributed by atoms with Crippen LogP contribution in [-0.4, -0.2) is 25.7 Å². The van der Waals surface area contributed by atoms with Gasteiger partial charge >= 0.3 is 0 Å². The van der Waals surface area contributed by atoms with Crippen LogP contribution >= 0.6 is 11.6 Å². The van der Waals surface area contributed by atoms with Crippen LogP contribution in [0, 0.1) is 0 Å². The van der Waals surface area contributed by atoms with E-state index < -0.39 is 0 Å². The predicted octanol–water partition coefficient (Wildman–Crippen LogP) is 4.14. The maximum Gasteiger partial charge on any atom is 0.220 e. The van der Waals surface area contributed by atoms with Gasteiger partial charge in [0.2, 0.25) is 5.91 Å². The van der Waals surface area contributed by atoms with Gasteiger partial charge in [0.25, 0.3) is 0 Å². The van der Waals surface area contributed by atoms with Crippen molar-refractivity contribution in [1.82, 2.24) is 5.32 Å². The van der Waals surface area contributed by atoms with Gasteiger partial charge in [-0.15, -0.1) is 0 Å². The number of nitrogens with one attached hydrogen (secondary N) is 1. The minimum atomic E-state index is 0.0309. The highest BCUT2D eigenvalue weighted by Crippen LogP contribution is 2.12. The van der Waals surface area contributed by atoms with Crippen LogP contribution in [0.5, 0.6) is 0 Å². The summed E-state index contributed by atoms with van der Waals surface area (Å²) in [5.74, 6) is 0.0309. The molecule has 2 aromatic rings. The smallest absolute Gasteiger partial charge is 0.220 e. The summed E-state index contributed by atoms with van der Waals surface area (Å²) < 4.78 is 10.8. The Bertz CT molecular complexity index is 690. The Morgan fingerprint density at radius 1 is 1.00 bits per heavy atom. The summed E-state index contributed by atoms with van der Waals surface area (Å²) in [6.45, 7) is 4.92. The molecule has 2 aromatic carbocycles. The molecule has 0 aliphatic carbocycles. The second kappa shape index (κ2) is 11.7. The van der Waals surface area contributed by atoms with E-state index in [0.717, 1.165) is 16.7 Å². The molecule has 0 heterocycles. The molecule has 0 aliphatic heterocycles. The highest BCUT2D eigenvalue weighted by Gasteiger charge is 2.04. The summed E-state index contributed by atoms with van der Waals surface area (Å²) in [6, 6.07) is 15.7. The molecular formula is C21H26ClNO3. The largest absolute Gasteiger partial charge is 0.379 e. The Kier molecular flexibility index (Phi) is 9.18. The Labute approximate surface area is 160 Å². The van der Waals surface area contributed by atoms with Crippen LogP contribution in [0.3, 0.4) is 0 Å². The maximum absolute atomic E-state index is 12.0. The molecular weight excluding hydrogens is 350 g/mol. The van der Waals surface area contributed by atoms with Crippen molar-refractivity contribution >= 4 is 17.5 Å². The molecule has 0 fully saturated rings. The standard InChI is InChI=1S/C21H26ClNO3/c1-2-25-11-12-26-16-19-7-3-6-18(13-19)15-23-21(24)10-9-17-5-4-8-20(22)14-17/h3-8,13-14H,2,9-12,15-16H2,1H3,(H,23,24). The van der Waals surface area contributed by atoms with Gasteiger partial charge in [-0.25, -0.2) is 0 Å². The zero-order chi connectivity index (χ0) is 18.6. The average molecular weight is 376 g/mol. The summed E-state index contributed by atoms with van der Waals surface area (Å²) >= 11 is 5.96. The summed E-state index contributed by atoms with van der Waals surface area (Å²) in [5.41, 5.74) is 3.22. The third kappa shape index (κ3) is 8.00. The topological polar surface area (TPSA) is 47.6 Å². The molecule has 0 aliphatic rings. The van der Waals surface area contributed by atoms with E-state index in [4.69, 9.17) is 21.1 Å². The minimum absolute atomic E-state index is 0.0309. The number of halogens is 1. The molecule has 5 heteroatoms. The Morgan fingerprint density at radius 2 is 1.73 bits per heavy atom. The predicted molar refractivity (Wildman–Crippen MR) is 104 cm³/mol. The van der Waals surface area contributed by atoms with E-state index in [-0.39, 0.29) is 5.91 Å². The van der Waals surface area contributed by atoms with Gasteiger partial charge in [-0.1, -0.05) is 48.0 Å². The summed E-state index contributed by atoms with van der Waals surface area (Å²) in [6.07, 6.45) is 1.13. The van der Waals surface area contributed by atoms with E-state index in [1.54, 1.807) is 0 Å². The van der Waals surface area contributed by atoms with Crippen LogP contribution in [0.4, 0.5) is 0 Å². The SMILES string of the molecule is CCOCCOCc1cccc(CNC(=O)CCc2cccc(Cl)c2)c1. The zero-order valence-corrected chi connectivity index (χ0v) is 15.9. The van der Waals surface area contributed by atoms with Crippen molar-refractivity contribution in [1.29, 1.82) is 0 Å². The third-order valence-electron chi connectivity index (χ3n) is 3.86. The lowest BCUT2D eigenvalue weighted by Crippen LogP contribution is -2.23. The lowest BCUT2D eigenvalue weighted by molar-refractivity contribution is -0.121. The number of carbonyl (C=O) groups excluding carboxylic acids is 1. The van der Waals surface area contributed by atoms with Gasteiger partial charge in [-0.2, -0.15) is 0 Å². The first-order valence-electron chi connectivity index (χ1n) is 8.92. The minimum Gasteiger partial charge on any atom is -0.379 e. The van der Waals surface area contributed by atoms with E-state index in [1.807, 2.05) is 49.4 Å². The van der Waals surface area contributed by atoms with Gasteiger partial charge in [0.1, 0.15) is 0 Å². The third-order valence-corrected chi connectivity index (χ3v) is 4.09. The number of benzene rings is 2. The molecule has 0 saturated carbocycles. The fourth-order valence-corrected chi connectivity index (χ4v) is 2.73. The van der Waals surface area contributed by atoms with Crippen molar-refractivity contribution in [2.75, 3.05) is 19.8 Å². The molecule has 0 bridgehead atoms. The van der Waals surface area contributed by atoms with Crippen molar-refractivity contribution in [2.24, 2.45) is 0 Å². The van der Waals surface area contributed by atoms with Crippen molar-refractivity contribution in [3.05, 3.63) is 70.2 Å². The molecule has 0 aromatic heterocycles. The number of carbonyl (C=O) groups is 1. The highest BCUT2D eigenvalue weighted by atomic mass is 35.5. The maximum atomic E-state index is 12.0.